The van der Waals surface area contributed by atoms with Crippen LogP contribution in [0.1, 0.15) is 30.9 Å². The number of phenols is 1. The van der Waals surface area contributed by atoms with Crippen molar-refractivity contribution >= 4 is 5.82 Å². The first-order chi connectivity index (χ1) is 7.99. The van der Waals surface area contributed by atoms with E-state index in [1.165, 1.54) is 0 Å². The number of hydrogen-bond donors (Lipinski definition) is 2. The van der Waals surface area contributed by atoms with Crippen LogP contribution in [0.25, 0.3) is 11.3 Å². The molecule has 0 aliphatic rings. The molecular weight excluding hydrogens is 216 g/mol. The SMILES string of the molecule is Cc1cc(O)c(C(C)C)cc1-c1cc(N)no1. The molecule has 17 heavy (non-hydrogen) atoms. The molecule has 0 saturated heterocycles. The molecule has 2 aromatic rings. The molecule has 3 N–H and O–H groups in total. The maximum Gasteiger partial charge on any atom is 0.169 e. The van der Waals surface area contributed by atoms with Gasteiger partial charge in [-0.05, 0) is 36.1 Å². The fourth-order valence-corrected chi connectivity index (χ4v) is 1.85. The van der Waals surface area contributed by atoms with Gasteiger partial charge in [0.05, 0.1) is 0 Å². The predicted octanol–water partition coefficient (Wildman–Crippen LogP) is 3.06. The first-order valence-corrected chi connectivity index (χ1v) is 5.55. The van der Waals surface area contributed by atoms with Crippen molar-refractivity contribution in [3.8, 4) is 17.1 Å². The van der Waals surface area contributed by atoms with E-state index in [2.05, 4.69) is 5.16 Å². The van der Waals surface area contributed by atoms with E-state index >= 15 is 0 Å². The third kappa shape index (κ3) is 2.11. The molecule has 90 valence electrons. The highest BCUT2D eigenvalue weighted by Crippen LogP contribution is 2.34. The van der Waals surface area contributed by atoms with Crippen LogP contribution in [-0.4, -0.2) is 10.3 Å². The van der Waals surface area contributed by atoms with E-state index in [1.807, 2.05) is 26.8 Å². The van der Waals surface area contributed by atoms with Gasteiger partial charge in [0.15, 0.2) is 11.6 Å². The summed E-state index contributed by atoms with van der Waals surface area (Å²) in [6, 6.07) is 5.35. The minimum absolute atomic E-state index is 0.245. The average Bonchev–Trinajstić information content (AvgIpc) is 2.64. The van der Waals surface area contributed by atoms with Crippen molar-refractivity contribution in [2.24, 2.45) is 0 Å². The van der Waals surface area contributed by atoms with Crippen molar-refractivity contribution in [2.75, 3.05) is 5.73 Å². The quantitative estimate of drug-likeness (QED) is 0.834. The van der Waals surface area contributed by atoms with E-state index in [9.17, 15) is 5.11 Å². The van der Waals surface area contributed by atoms with Gasteiger partial charge in [-0.2, -0.15) is 0 Å². The van der Waals surface area contributed by atoms with Crippen LogP contribution < -0.4 is 5.73 Å². The number of rotatable bonds is 2. The molecule has 0 radical (unpaired) electrons. The molecule has 1 aromatic carbocycles. The Balaban J connectivity index is 2.58. The average molecular weight is 232 g/mol. The van der Waals surface area contributed by atoms with Gasteiger partial charge in [0.25, 0.3) is 0 Å². The van der Waals surface area contributed by atoms with Gasteiger partial charge >= 0.3 is 0 Å². The summed E-state index contributed by atoms with van der Waals surface area (Å²) in [5.74, 6) is 1.55. The molecule has 1 heterocycles. The number of phenolic OH excluding ortho intramolecular Hbond substituents is 1. The fourth-order valence-electron chi connectivity index (χ4n) is 1.85. The molecule has 0 atom stereocenters. The molecule has 1 aromatic heterocycles. The molecule has 0 unspecified atom stereocenters. The summed E-state index contributed by atoms with van der Waals surface area (Å²) < 4.78 is 5.15. The van der Waals surface area contributed by atoms with Crippen LogP contribution >= 0.6 is 0 Å². The van der Waals surface area contributed by atoms with Gasteiger partial charge in [-0.25, -0.2) is 0 Å². The number of aromatic nitrogens is 1. The van der Waals surface area contributed by atoms with E-state index < -0.39 is 0 Å². The Hall–Kier alpha value is -1.97. The van der Waals surface area contributed by atoms with Crippen LogP contribution in [0.2, 0.25) is 0 Å². The minimum atomic E-state index is 0.245. The van der Waals surface area contributed by atoms with Crippen LogP contribution in [0.5, 0.6) is 5.75 Å². The Bertz CT molecular complexity index is 544. The molecule has 4 heteroatoms. The third-order valence-electron chi connectivity index (χ3n) is 2.79. The van der Waals surface area contributed by atoms with E-state index in [4.69, 9.17) is 10.3 Å². The lowest BCUT2D eigenvalue weighted by atomic mass is 9.95. The third-order valence-corrected chi connectivity index (χ3v) is 2.79. The maximum atomic E-state index is 9.87. The first kappa shape index (κ1) is 11.5. The molecule has 0 fully saturated rings. The Labute approximate surface area is 100 Å². The molecule has 0 bridgehead atoms. The lowest BCUT2D eigenvalue weighted by molar-refractivity contribution is 0.435. The van der Waals surface area contributed by atoms with Crippen LogP contribution in [0.3, 0.4) is 0 Å². The highest BCUT2D eigenvalue weighted by molar-refractivity contribution is 5.67. The van der Waals surface area contributed by atoms with Crippen molar-refractivity contribution in [1.29, 1.82) is 0 Å². The van der Waals surface area contributed by atoms with Crippen molar-refractivity contribution < 1.29 is 9.63 Å². The normalized spacial score (nSPS) is 11.1. The Morgan fingerprint density at radius 3 is 2.53 bits per heavy atom. The molecule has 0 saturated carbocycles. The Morgan fingerprint density at radius 2 is 2.00 bits per heavy atom. The van der Waals surface area contributed by atoms with Gasteiger partial charge in [-0.1, -0.05) is 19.0 Å². The van der Waals surface area contributed by atoms with Crippen LogP contribution in [0, 0.1) is 6.92 Å². The second kappa shape index (κ2) is 4.13. The van der Waals surface area contributed by atoms with Crippen LogP contribution in [0.4, 0.5) is 5.82 Å². The number of nitrogen functional groups attached to an aromatic ring is 1. The maximum absolute atomic E-state index is 9.87. The second-order valence-electron chi connectivity index (χ2n) is 4.50. The topological polar surface area (TPSA) is 72.3 Å². The minimum Gasteiger partial charge on any atom is -0.508 e. The largest absolute Gasteiger partial charge is 0.508 e. The second-order valence-corrected chi connectivity index (χ2v) is 4.50. The number of benzene rings is 1. The summed E-state index contributed by atoms with van der Waals surface area (Å²) >= 11 is 0. The Morgan fingerprint density at radius 1 is 1.29 bits per heavy atom. The summed E-state index contributed by atoms with van der Waals surface area (Å²) in [6.45, 7) is 5.98. The van der Waals surface area contributed by atoms with Crippen molar-refractivity contribution in [1.82, 2.24) is 5.16 Å². The summed E-state index contributed by atoms with van der Waals surface area (Å²) in [4.78, 5) is 0. The van der Waals surface area contributed by atoms with Crippen LogP contribution in [-0.2, 0) is 0 Å². The molecule has 0 aliphatic carbocycles. The highest BCUT2D eigenvalue weighted by atomic mass is 16.5. The fraction of sp³-hybridized carbons (Fsp3) is 0.308. The number of anilines is 1. The van der Waals surface area contributed by atoms with E-state index in [0.29, 0.717) is 17.3 Å². The van der Waals surface area contributed by atoms with Crippen molar-refractivity contribution in [3.05, 3.63) is 29.3 Å². The molecular formula is C13H16N2O2. The van der Waals surface area contributed by atoms with Gasteiger partial charge in [0.1, 0.15) is 5.75 Å². The molecule has 2 rings (SSSR count). The monoisotopic (exact) mass is 232 g/mol. The van der Waals surface area contributed by atoms with Crippen LogP contribution in [0.15, 0.2) is 22.7 Å². The molecule has 0 amide bonds. The summed E-state index contributed by atoms with van der Waals surface area (Å²) in [5.41, 5.74) is 8.28. The summed E-state index contributed by atoms with van der Waals surface area (Å²) in [5, 5.41) is 13.5. The summed E-state index contributed by atoms with van der Waals surface area (Å²) in [7, 11) is 0. The van der Waals surface area contributed by atoms with E-state index in [1.54, 1.807) is 12.1 Å². The molecule has 4 nitrogen and oxygen atoms in total. The van der Waals surface area contributed by atoms with Crippen molar-refractivity contribution in [2.45, 2.75) is 26.7 Å². The van der Waals surface area contributed by atoms with Crippen molar-refractivity contribution in [3.63, 3.8) is 0 Å². The lowest BCUT2D eigenvalue weighted by Gasteiger charge is -2.11. The van der Waals surface area contributed by atoms with E-state index in [0.717, 1.165) is 16.7 Å². The number of aryl methyl sites for hydroxylation is 1. The smallest absolute Gasteiger partial charge is 0.169 e. The van der Waals surface area contributed by atoms with Gasteiger partial charge in [-0.15, -0.1) is 0 Å². The first-order valence-electron chi connectivity index (χ1n) is 5.55. The summed E-state index contributed by atoms with van der Waals surface area (Å²) in [6.07, 6.45) is 0. The number of aromatic hydroxyl groups is 1. The highest BCUT2D eigenvalue weighted by Gasteiger charge is 2.13. The van der Waals surface area contributed by atoms with Gasteiger partial charge in [-0.3, -0.25) is 0 Å². The van der Waals surface area contributed by atoms with E-state index in [-0.39, 0.29) is 5.92 Å². The molecule has 0 aliphatic heterocycles. The number of hydrogen-bond acceptors (Lipinski definition) is 4. The Kier molecular flexibility index (Phi) is 2.79. The standard InChI is InChI=1S/C13H16N2O2/c1-7(2)9-5-10(8(3)4-11(9)16)12-6-13(14)15-17-12/h4-7,16H,1-3H3,(H2,14,15). The van der Waals surface area contributed by atoms with Gasteiger partial charge in [0, 0.05) is 11.6 Å². The zero-order valence-electron chi connectivity index (χ0n) is 10.2. The van der Waals surface area contributed by atoms with Gasteiger partial charge < -0.3 is 15.4 Å². The predicted molar refractivity (Wildman–Crippen MR) is 66.8 cm³/mol. The van der Waals surface area contributed by atoms with Gasteiger partial charge in [0.2, 0.25) is 0 Å². The molecule has 0 spiro atoms. The zero-order chi connectivity index (χ0) is 12.6. The lowest BCUT2D eigenvalue weighted by Crippen LogP contribution is -1.91. The number of nitrogens with zero attached hydrogens (tertiary/aromatic N) is 1. The number of nitrogens with two attached hydrogens (primary N) is 1. The zero-order valence-corrected chi connectivity index (χ0v) is 10.2.